The van der Waals surface area contributed by atoms with E-state index in [2.05, 4.69) is 19.2 Å². The SMILES string of the molecule is CCCCn1c(N)c(NC2CCCC2C)c(=O)n(C)c1=O. The molecule has 1 aliphatic carbocycles. The topological polar surface area (TPSA) is 82.0 Å². The summed E-state index contributed by atoms with van der Waals surface area (Å²) in [6.07, 6.45) is 5.19. The lowest BCUT2D eigenvalue weighted by Crippen LogP contribution is -2.42. The predicted molar refractivity (Wildman–Crippen MR) is 85.7 cm³/mol. The summed E-state index contributed by atoms with van der Waals surface area (Å²) in [7, 11) is 1.51. The number of aromatic nitrogens is 2. The molecule has 1 saturated carbocycles. The van der Waals surface area contributed by atoms with E-state index in [1.807, 2.05) is 0 Å². The predicted octanol–water partition coefficient (Wildman–Crippen LogP) is 1.53. The van der Waals surface area contributed by atoms with E-state index in [0.717, 1.165) is 36.7 Å². The second-order valence-electron chi connectivity index (χ2n) is 6.07. The van der Waals surface area contributed by atoms with Crippen LogP contribution in [0.2, 0.25) is 0 Å². The van der Waals surface area contributed by atoms with Gasteiger partial charge >= 0.3 is 5.69 Å². The first-order valence-corrected chi connectivity index (χ1v) is 7.83. The van der Waals surface area contributed by atoms with Crippen LogP contribution in [0.3, 0.4) is 0 Å². The molecule has 6 nitrogen and oxygen atoms in total. The number of nitrogens with one attached hydrogen (secondary N) is 1. The summed E-state index contributed by atoms with van der Waals surface area (Å²) in [4.78, 5) is 24.5. The Hall–Kier alpha value is -1.72. The second kappa shape index (κ2) is 6.37. The Bertz CT molecular complexity index is 617. The van der Waals surface area contributed by atoms with Gasteiger partial charge in [-0.05, 0) is 25.2 Å². The van der Waals surface area contributed by atoms with Crippen LogP contribution >= 0.6 is 0 Å². The number of nitrogen functional groups attached to an aromatic ring is 1. The van der Waals surface area contributed by atoms with Crippen molar-refractivity contribution in [2.45, 2.75) is 58.5 Å². The average Bonchev–Trinajstić information content (AvgIpc) is 2.87. The van der Waals surface area contributed by atoms with Gasteiger partial charge < -0.3 is 11.1 Å². The van der Waals surface area contributed by atoms with Gasteiger partial charge in [0.15, 0.2) is 0 Å². The summed E-state index contributed by atoms with van der Waals surface area (Å²) in [6, 6.07) is 0.261. The number of nitrogens with two attached hydrogens (primary N) is 1. The highest BCUT2D eigenvalue weighted by molar-refractivity contribution is 5.61. The fourth-order valence-corrected chi connectivity index (χ4v) is 3.00. The van der Waals surface area contributed by atoms with Crippen molar-refractivity contribution in [2.75, 3.05) is 11.1 Å². The van der Waals surface area contributed by atoms with Crippen molar-refractivity contribution < 1.29 is 0 Å². The standard InChI is InChI=1S/C15H26N4O2/c1-4-5-9-19-13(16)12(14(20)18(3)15(19)21)17-11-8-6-7-10(11)2/h10-11,17H,4-9,16H2,1-3H3. The summed E-state index contributed by atoms with van der Waals surface area (Å²) in [5.41, 5.74) is 5.82. The zero-order valence-electron chi connectivity index (χ0n) is 13.2. The van der Waals surface area contributed by atoms with Crippen LogP contribution < -0.4 is 22.3 Å². The van der Waals surface area contributed by atoms with Crippen molar-refractivity contribution >= 4 is 11.5 Å². The van der Waals surface area contributed by atoms with Gasteiger partial charge in [-0.3, -0.25) is 13.9 Å². The molecule has 0 spiro atoms. The Morgan fingerprint density at radius 1 is 1.33 bits per heavy atom. The molecule has 0 aliphatic heterocycles. The lowest BCUT2D eigenvalue weighted by Gasteiger charge is -2.21. The molecule has 21 heavy (non-hydrogen) atoms. The van der Waals surface area contributed by atoms with Crippen molar-refractivity contribution in [3.63, 3.8) is 0 Å². The van der Waals surface area contributed by atoms with Gasteiger partial charge in [-0.25, -0.2) is 4.79 Å². The molecule has 3 N–H and O–H groups in total. The number of anilines is 2. The second-order valence-corrected chi connectivity index (χ2v) is 6.07. The molecular weight excluding hydrogens is 268 g/mol. The molecule has 0 aromatic carbocycles. The highest BCUT2D eigenvalue weighted by Crippen LogP contribution is 2.28. The van der Waals surface area contributed by atoms with Crippen LogP contribution in [0.25, 0.3) is 0 Å². The molecule has 1 fully saturated rings. The van der Waals surface area contributed by atoms with E-state index in [-0.39, 0.29) is 23.1 Å². The fraction of sp³-hybridized carbons (Fsp3) is 0.733. The molecule has 2 atom stereocenters. The number of nitrogens with zero attached hydrogens (tertiary/aromatic N) is 2. The van der Waals surface area contributed by atoms with Gasteiger partial charge in [0.2, 0.25) is 0 Å². The zero-order valence-corrected chi connectivity index (χ0v) is 13.2. The maximum atomic E-state index is 12.3. The highest BCUT2D eigenvalue weighted by Gasteiger charge is 2.26. The molecule has 1 aliphatic rings. The molecule has 2 rings (SSSR count). The largest absolute Gasteiger partial charge is 0.383 e. The smallest absolute Gasteiger partial charge is 0.332 e. The van der Waals surface area contributed by atoms with E-state index in [9.17, 15) is 9.59 Å². The Kier molecular flexibility index (Phi) is 4.75. The first kappa shape index (κ1) is 15.7. The number of rotatable bonds is 5. The minimum atomic E-state index is -0.337. The Morgan fingerprint density at radius 3 is 2.62 bits per heavy atom. The molecule has 0 radical (unpaired) electrons. The number of unbranched alkanes of at least 4 members (excludes halogenated alkanes) is 1. The molecular formula is C15H26N4O2. The first-order chi connectivity index (χ1) is 9.97. The van der Waals surface area contributed by atoms with Crippen molar-refractivity contribution in [1.82, 2.24) is 9.13 Å². The van der Waals surface area contributed by atoms with E-state index < -0.39 is 0 Å². The van der Waals surface area contributed by atoms with Crippen molar-refractivity contribution in [2.24, 2.45) is 13.0 Å². The molecule has 1 aromatic heterocycles. The molecule has 1 aromatic rings. The van der Waals surface area contributed by atoms with Gasteiger partial charge in [0.1, 0.15) is 11.5 Å². The monoisotopic (exact) mass is 294 g/mol. The summed E-state index contributed by atoms with van der Waals surface area (Å²) in [5, 5.41) is 3.29. The van der Waals surface area contributed by atoms with Crippen LogP contribution in [-0.4, -0.2) is 15.2 Å². The molecule has 2 unspecified atom stereocenters. The summed E-state index contributed by atoms with van der Waals surface area (Å²) < 4.78 is 2.65. The van der Waals surface area contributed by atoms with Gasteiger partial charge in [-0.2, -0.15) is 0 Å². The van der Waals surface area contributed by atoms with Crippen LogP contribution in [0.15, 0.2) is 9.59 Å². The first-order valence-electron chi connectivity index (χ1n) is 7.83. The third-order valence-corrected chi connectivity index (χ3v) is 4.51. The normalized spacial score (nSPS) is 21.7. The fourth-order valence-electron chi connectivity index (χ4n) is 3.00. The van der Waals surface area contributed by atoms with Crippen LogP contribution in [-0.2, 0) is 13.6 Å². The van der Waals surface area contributed by atoms with Gasteiger partial charge in [-0.15, -0.1) is 0 Å². The van der Waals surface area contributed by atoms with Gasteiger partial charge in [0.25, 0.3) is 5.56 Å². The minimum absolute atomic E-state index is 0.261. The van der Waals surface area contributed by atoms with E-state index in [4.69, 9.17) is 5.73 Å². The number of hydrogen-bond donors (Lipinski definition) is 2. The van der Waals surface area contributed by atoms with Crippen molar-refractivity contribution in [3.05, 3.63) is 20.8 Å². The van der Waals surface area contributed by atoms with Gasteiger partial charge in [0, 0.05) is 19.6 Å². The summed E-state index contributed by atoms with van der Waals surface area (Å²) >= 11 is 0. The lowest BCUT2D eigenvalue weighted by atomic mass is 10.1. The maximum absolute atomic E-state index is 12.3. The maximum Gasteiger partial charge on any atom is 0.332 e. The van der Waals surface area contributed by atoms with Crippen LogP contribution in [0.5, 0.6) is 0 Å². The summed E-state index contributed by atoms with van der Waals surface area (Å²) in [5.74, 6) is 0.792. The number of hydrogen-bond acceptors (Lipinski definition) is 4. The molecule has 0 saturated heterocycles. The summed E-state index contributed by atoms with van der Waals surface area (Å²) in [6.45, 7) is 4.78. The van der Waals surface area contributed by atoms with Gasteiger partial charge in [0.05, 0.1) is 0 Å². The van der Waals surface area contributed by atoms with E-state index in [1.54, 1.807) is 0 Å². The quantitative estimate of drug-likeness (QED) is 0.863. The van der Waals surface area contributed by atoms with E-state index >= 15 is 0 Å². The zero-order chi connectivity index (χ0) is 15.6. The van der Waals surface area contributed by atoms with Crippen molar-refractivity contribution in [3.8, 4) is 0 Å². The third-order valence-electron chi connectivity index (χ3n) is 4.51. The Balaban J connectivity index is 2.42. The Morgan fingerprint density at radius 2 is 2.05 bits per heavy atom. The third kappa shape index (κ3) is 2.99. The van der Waals surface area contributed by atoms with Crippen LogP contribution in [0.4, 0.5) is 11.5 Å². The molecule has 1 heterocycles. The van der Waals surface area contributed by atoms with Crippen LogP contribution in [0, 0.1) is 5.92 Å². The van der Waals surface area contributed by atoms with Crippen LogP contribution in [0.1, 0.15) is 46.0 Å². The van der Waals surface area contributed by atoms with Crippen molar-refractivity contribution in [1.29, 1.82) is 0 Å². The highest BCUT2D eigenvalue weighted by atomic mass is 16.2. The molecule has 0 amide bonds. The van der Waals surface area contributed by atoms with E-state index in [1.165, 1.54) is 11.6 Å². The van der Waals surface area contributed by atoms with E-state index in [0.29, 0.717) is 18.2 Å². The molecule has 118 valence electrons. The molecule has 0 bridgehead atoms. The lowest BCUT2D eigenvalue weighted by molar-refractivity contribution is 0.547. The molecule has 6 heteroatoms. The Labute approximate surface area is 125 Å². The minimum Gasteiger partial charge on any atom is -0.383 e. The average molecular weight is 294 g/mol. The van der Waals surface area contributed by atoms with Gasteiger partial charge in [-0.1, -0.05) is 26.7 Å².